The van der Waals surface area contributed by atoms with Gasteiger partial charge in [0.25, 0.3) is 0 Å². The third kappa shape index (κ3) is 2.10. The molecule has 0 aliphatic rings. The standard InChI is InChI=1S/C11H13FO2/c1-8-5-6-10(12)9(4-3-7-13)11(8)14-2/h5-7H,3-4H2,1-2H3. The summed E-state index contributed by atoms with van der Waals surface area (Å²) < 4.78 is 18.4. The molecule has 0 amide bonds. The van der Waals surface area contributed by atoms with E-state index in [0.717, 1.165) is 11.8 Å². The van der Waals surface area contributed by atoms with Crippen LogP contribution in [0.3, 0.4) is 0 Å². The van der Waals surface area contributed by atoms with Gasteiger partial charge in [0, 0.05) is 12.0 Å². The number of aryl methyl sites for hydroxylation is 1. The minimum atomic E-state index is -0.311. The molecule has 14 heavy (non-hydrogen) atoms. The largest absolute Gasteiger partial charge is 0.496 e. The van der Waals surface area contributed by atoms with Crippen molar-refractivity contribution in [3.8, 4) is 5.75 Å². The fraction of sp³-hybridized carbons (Fsp3) is 0.364. The van der Waals surface area contributed by atoms with Crippen LogP contribution >= 0.6 is 0 Å². The molecule has 1 aromatic rings. The van der Waals surface area contributed by atoms with Crippen LogP contribution in [0.5, 0.6) is 5.75 Å². The van der Waals surface area contributed by atoms with Gasteiger partial charge in [-0.2, -0.15) is 0 Å². The van der Waals surface area contributed by atoms with Gasteiger partial charge in [0.2, 0.25) is 0 Å². The summed E-state index contributed by atoms with van der Waals surface area (Å²) in [6.45, 7) is 1.85. The molecule has 0 aromatic heterocycles. The predicted molar refractivity (Wildman–Crippen MR) is 52.1 cm³/mol. The van der Waals surface area contributed by atoms with E-state index in [1.54, 1.807) is 6.07 Å². The molecule has 0 aliphatic heterocycles. The van der Waals surface area contributed by atoms with Gasteiger partial charge < -0.3 is 9.53 Å². The first-order valence-electron chi connectivity index (χ1n) is 4.46. The zero-order valence-electron chi connectivity index (χ0n) is 8.34. The number of ether oxygens (including phenoxy) is 1. The minimum absolute atomic E-state index is 0.311. The topological polar surface area (TPSA) is 26.3 Å². The molecular formula is C11H13FO2. The lowest BCUT2D eigenvalue weighted by Crippen LogP contribution is -1.99. The SMILES string of the molecule is COc1c(C)ccc(F)c1CCC=O. The molecule has 0 atom stereocenters. The Kier molecular flexibility index (Phi) is 3.63. The fourth-order valence-corrected chi connectivity index (χ4v) is 1.44. The monoisotopic (exact) mass is 196 g/mol. The first-order chi connectivity index (χ1) is 6.70. The maximum atomic E-state index is 13.3. The van der Waals surface area contributed by atoms with Gasteiger partial charge in [0.15, 0.2) is 0 Å². The maximum Gasteiger partial charge on any atom is 0.130 e. The summed E-state index contributed by atoms with van der Waals surface area (Å²) in [5.41, 5.74) is 1.37. The van der Waals surface area contributed by atoms with Gasteiger partial charge in [-0.05, 0) is 25.0 Å². The molecule has 2 nitrogen and oxygen atoms in total. The number of methoxy groups -OCH3 is 1. The highest BCUT2D eigenvalue weighted by atomic mass is 19.1. The Morgan fingerprint density at radius 1 is 1.50 bits per heavy atom. The van der Waals surface area contributed by atoms with E-state index in [9.17, 15) is 9.18 Å². The van der Waals surface area contributed by atoms with Crippen LogP contribution in [0.1, 0.15) is 17.5 Å². The summed E-state index contributed by atoms with van der Waals surface area (Å²) in [4.78, 5) is 10.2. The van der Waals surface area contributed by atoms with Crippen molar-refractivity contribution >= 4 is 6.29 Å². The third-order valence-corrected chi connectivity index (χ3v) is 2.12. The van der Waals surface area contributed by atoms with E-state index in [4.69, 9.17) is 4.74 Å². The lowest BCUT2D eigenvalue weighted by Gasteiger charge is -2.10. The summed E-state index contributed by atoms with van der Waals surface area (Å²) in [5.74, 6) is 0.237. The number of halogens is 1. The number of rotatable bonds is 4. The molecule has 0 heterocycles. The normalized spacial score (nSPS) is 9.93. The number of carbonyl (C=O) groups is 1. The summed E-state index contributed by atoms with van der Waals surface area (Å²) in [7, 11) is 1.51. The van der Waals surface area contributed by atoms with Crippen molar-refractivity contribution in [2.24, 2.45) is 0 Å². The fourth-order valence-electron chi connectivity index (χ4n) is 1.44. The summed E-state index contributed by atoms with van der Waals surface area (Å²) in [6.07, 6.45) is 1.48. The van der Waals surface area contributed by atoms with Crippen LogP contribution < -0.4 is 4.74 Å². The van der Waals surface area contributed by atoms with Crippen LogP contribution in [0, 0.1) is 12.7 Å². The van der Waals surface area contributed by atoms with Crippen LogP contribution in [-0.4, -0.2) is 13.4 Å². The second-order valence-electron chi connectivity index (χ2n) is 3.08. The zero-order chi connectivity index (χ0) is 10.6. The second-order valence-corrected chi connectivity index (χ2v) is 3.08. The van der Waals surface area contributed by atoms with Crippen LogP contribution in [0.15, 0.2) is 12.1 Å². The van der Waals surface area contributed by atoms with E-state index in [1.165, 1.54) is 13.2 Å². The minimum Gasteiger partial charge on any atom is -0.496 e. The molecule has 1 aromatic carbocycles. The van der Waals surface area contributed by atoms with Crippen molar-refractivity contribution in [1.82, 2.24) is 0 Å². The van der Waals surface area contributed by atoms with Crippen molar-refractivity contribution in [2.45, 2.75) is 19.8 Å². The second kappa shape index (κ2) is 4.74. The Labute approximate surface area is 82.7 Å². The molecule has 0 N–H and O–H groups in total. The highest BCUT2D eigenvalue weighted by molar-refractivity contribution is 5.51. The molecule has 1 rings (SSSR count). The molecule has 3 heteroatoms. The Morgan fingerprint density at radius 3 is 2.79 bits per heavy atom. The van der Waals surface area contributed by atoms with Gasteiger partial charge >= 0.3 is 0 Å². The van der Waals surface area contributed by atoms with Gasteiger partial charge in [0.05, 0.1) is 7.11 Å². The van der Waals surface area contributed by atoms with Crippen LogP contribution in [0.2, 0.25) is 0 Å². The first-order valence-corrected chi connectivity index (χ1v) is 4.46. The van der Waals surface area contributed by atoms with Crippen LogP contribution in [0.25, 0.3) is 0 Å². The number of hydrogen-bond donors (Lipinski definition) is 0. The summed E-state index contributed by atoms with van der Waals surface area (Å²) in [5, 5.41) is 0. The third-order valence-electron chi connectivity index (χ3n) is 2.12. The molecule has 0 unspecified atom stereocenters. The van der Waals surface area contributed by atoms with E-state index in [0.29, 0.717) is 24.2 Å². The predicted octanol–water partition coefficient (Wildman–Crippen LogP) is 2.27. The smallest absolute Gasteiger partial charge is 0.130 e. The molecule has 0 bridgehead atoms. The molecule has 76 valence electrons. The average molecular weight is 196 g/mol. The highest BCUT2D eigenvalue weighted by Gasteiger charge is 2.11. The molecule has 0 saturated carbocycles. The van der Waals surface area contributed by atoms with Crippen molar-refractivity contribution in [2.75, 3.05) is 7.11 Å². The first kappa shape index (κ1) is 10.7. The van der Waals surface area contributed by atoms with Gasteiger partial charge in [0.1, 0.15) is 17.9 Å². The van der Waals surface area contributed by atoms with Gasteiger partial charge in [-0.3, -0.25) is 0 Å². The highest BCUT2D eigenvalue weighted by Crippen LogP contribution is 2.26. The van der Waals surface area contributed by atoms with Crippen molar-refractivity contribution in [3.05, 3.63) is 29.1 Å². The van der Waals surface area contributed by atoms with Gasteiger partial charge in [-0.15, -0.1) is 0 Å². The summed E-state index contributed by atoms with van der Waals surface area (Å²) >= 11 is 0. The molecule has 0 fully saturated rings. The van der Waals surface area contributed by atoms with Crippen molar-refractivity contribution in [3.63, 3.8) is 0 Å². The molecule has 0 aliphatic carbocycles. The zero-order valence-corrected chi connectivity index (χ0v) is 8.34. The van der Waals surface area contributed by atoms with Crippen molar-refractivity contribution in [1.29, 1.82) is 0 Å². The molecule has 0 radical (unpaired) electrons. The van der Waals surface area contributed by atoms with Crippen LogP contribution in [0.4, 0.5) is 4.39 Å². The van der Waals surface area contributed by atoms with E-state index in [-0.39, 0.29) is 5.82 Å². The molecule has 0 spiro atoms. The Morgan fingerprint density at radius 2 is 2.21 bits per heavy atom. The van der Waals surface area contributed by atoms with Gasteiger partial charge in [-0.1, -0.05) is 6.07 Å². The van der Waals surface area contributed by atoms with Crippen molar-refractivity contribution < 1.29 is 13.9 Å². The number of benzene rings is 1. The lowest BCUT2D eigenvalue weighted by atomic mass is 10.0. The van der Waals surface area contributed by atoms with E-state index >= 15 is 0 Å². The summed E-state index contributed by atoms with van der Waals surface area (Å²) in [6, 6.07) is 3.07. The van der Waals surface area contributed by atoms with Crippen LogP contribution in [-0.2, 0) is 11.2 Å². The number of hydrogen-bond acceptors (Lipinski definition) is 2. The van der Waals surface area contributed by atoms with E-state index < -0.39 is 0 Å². The van der Waals surface area contributed by atoms with E-state index in [1.807, 2.05) is 6.92 Å². The quantitative estimate of drug-likeness (QED) is 0.690. The Hall–Kier alpha value is -1.38. The number of aldehydes is 1. The molecule has 0 saturated heterocycles. The Bertz CT molecular complexity index is 334. The lowest BCUT2D eigenvalue weighted by molar-refractivity contribution is -0.107. The van der Waals surface area contributed by atoms with E-state index in [2.05, 4.69) is 0 Å². The Balaban J connectivity index is 3.08. The average Bonchev–Trinajstić information content (AvgIpc) is 2.19. The number of carbonyl (C=O) groups excluding carboxylic acids is 1. The molecular weight excluding hydrogens is 183 g/mol. The maximum absolute atomic E-state index is 13.3. The van der Waals surface area contributed by atoms with Gasteiger partial charge in [-0.25, -0.2) is 4.39 Å².